The van der Waals surface area contributed by atoms with Crippen molar-refractivity contribution in [1.29, 1.82) is 0 Å². The van der Waals surface area contributed by atoms with E-state index in [2.05, 4.69) is 17.3 Å². The summed E-state index contributed by atoms with van der Waals surface area (Å²) in [6.07, 6.45) is 7.48. The van der Waals surface area contributed by atoms with E-state index in [0.717, 1.165) is 13.0 Å². The van der Waals surface area contributed by atoms with Crippen LogP contribution in [0.4, 0.5) is 5.69 Å². The monoisotopic (exact) mass is 319 g/mol. The van der Waals surface area contributed by atoms with Gasteiger partial charge in [-0.15, -0.1) is 0 Å². The average Bonchev–Trinajstić information content (AvgIpc) is 2.59. The van der Waals surface area contributed by atoms with Gasteiger partial charge < -0.3 is 10.2 Å². The van der Waals surface area contributed by atoms with Crippen LogP contribution in [0.3, 0.4) is 0 Å². The first-order valence-electron chi connectivity index (χ1n) is 8.31. The molecule has 0 aliphatic heterocycles. The number of nitro groups is 1. The first kappa shape index (κ1) is 17.4. The maximum atomic E-state index is 12.0. The van der Waals surface area contributed by atoms with E-state index >= 15 is 0 Å². The third-order valence-electron chi connectivity index (χ3n) is 4.51. The molecule has 1 aromatic carbocycles. The number of nitrogens with zero attached hydrogens (tertiary/aromatic N) is 2. The molecule has 0 atom stereocenters. The summed E-state index contributed by atoms with van der Waals surface area (Å²) >= 11 is 0. The van der Waals surface area contributed by atoms with Gasteiger partial charge in [0.2, 0.25) is 0 Å². The Kier molecular flexibility index (Phi) is 6.52. The summed E-state index contributed by atoms with van der Waals surface area (Å²) in [7, 11) is 2.16. The number of hydrogen-bond donors (Lipinski definition) is 1. The van der Waals surface area contributed by atoms with Crippen molar-refractivity contribution < 1.29 is 9.72 Å². The summed E-state index contributed by atoms with van der Waals surface area (Å²) in [5.41, 5.74) is 0.451. The number of rotatable bonds is 7. The number of carbonyl (C=O) groups excluding carboxylic acids is 1. The minimum absolute atomic E-state index is 0.00402. The lowest BCUT2D eigenvalue weighted by atomic mass is 9.94. The molecule has 0 bridgehead atoms. The molecule has 6 nitrogen and oxygen atoms in total. The number of benzene rings is 1. The Morgan fingerprint density at radius 1 is 1.26 bits per heavy atom. The molecule has 0 aromatic heterocycles. The Balaban J connectivity index is 1.69. The quantitative estimate of drug-likeness (QED) is 0.476. The van der Waals surface area contributed by atoms with Crippen molar-refractivity contribution in [2.45, 2.75) is 44.6 Å². The van der Waals surface area contributed by atoms with E-state index in [1.54, 1.807) is 0 Å². The Morgan fingerprint density at radius 3 is 2.52 bits per heavy atom. The second kappa shape index (κ2) is 8.62. The normalized spacial score (nSPS) is 15.6. The Bertz CT molecular complexity index is 524. The van der Waals surface area contributed by atoms with Crippen LogP contribution in [0.2, 0.25) is 0 Å². The van der Waals surface area contributed by atoms with E-state index in [0.29, 0.717) is 18.2 Å². The van der Waals surface area contributed by atoms with Crippen molar-refractivity contribution in [2.75, 3.05) is 20.1 Å². The summed E-state index contributed by atoms with van der Waals surface area (Å²) in [6.45, 7) is 1.60. The molecule has 1 aromatic rings. The molecule has 0 unspecified atom stereocenters. The molecular formula is C17H25N3O3. The van der Waals surface area contributed by atoms with Crippen LogP contribution < -0.4 is 5.32 Å². The average molecular weight is 319 g/mol. The fourth-order valence-electron chi connectivity index (χ4n) is 3.07. The summed E-state index contributed by atoms with van der Waals surface area (Å²) in [5, 5.41) is 13.5. The number of nitrogens with one attached hydrogen (secondary N) is 1. The SMILES string of the molecule is CN(CCCNC(=O)c1ccc([N+](=O)[O-])cc1)C1CCCCC1. The first-order chi connectivity index (χ1) is 11.1. The van der Waals surface area contributed by atoms with E-state index in [4.69, 9.17) is 0 Å². The summed E-state index contributed by atoms with van der Waals surface area (Å²) < 4.78 is 0. The molecule has 1 N–H and O–H groups in total. The molecular weight excluding hydrogens is 294 g/mol. The van der Waals surface area contributed by atoms with Crippen molar-refractivity contribution in [3.05, 3.63) is 39.9 Å². The highest BCUT2D eigenvalue weighted by molar-refractivity contribution is 5.94. The topological polar surface area (TPSA) is 75.5 Å². The van der Waals surface area contributed by atoms with Gasteiger partial charge in [-0.2, -0.15) is 0 Å². The van der Waals surface area contributed by atoms with Crippen LogP contribution in [-0.2, 0) is 0 Å². The predicted octanol–water partition coefficient (Wildman–Crippen LogP) is 2.98. The van der Waals surface area contributed by atoms with Crippen LogP contribution in [-0.4, -0.2) is 41.9 Å². The molecule has 0 radical (unpaired) electrons. The van der Waals surface area contributed by atoms with Crippen LogP contribution in [0.1, 0.15) is 48.9 Å². The highest BCUT2D eigenvalue weighted by atomic mass is 16.6. The minimum atomic E-state index is -0.469. The van der Waals surface area contributed by atoms with Crippen molar-refractivity contribution in [1.82, 2.24) is 10.2 Å². The van der Waals surface area contributed by atoms with E-state index in [-0.39, 0.29) is 11.6 Å². The van der Waals surface area contributed by atoms with Crippen LogP contribution in [0.5, 0.6) is 0 Å². The highest BCUT2D eigenvalue weighted by Crippen LogP contribution is 2.21. The van der Waals surface area contributed by atoms with Crippen molar-refractivity contribution in [3.63, 3.8) is 0 Å². The van der Waals surface area contributed by atoms with Crippen LogP contribution in [0, 0.1) is 10.1 Å². The van der Waals surface area contributed by atoms with E-state index in [1.807, 2.05) is 0 Å². The standard InChI is InChI=1S/C17H25N3O3/c1-19(15-6-3-2-4-7-15)13-5-12-18-17(21)14-8-10-16(11-9-14)20(22)23/h8-11,15H,2-7,12-13H2,1H3,(H,18,21). The van der Waals surface area contributed by atoms with Gasteiger partial charge in [0.1, 0.15) is 0 Å². The lowest BCUT2D eigenvalue weighted by Crippen LogP contribution is -2.35. The predicted molar refractivity (Wildman–Crippen MR) is 89.5 cm³/mol. The van der Waals surface area contributed by atoms with Gasteiger partial charge in [0, 0.05) is 30.3 Å². The molecule has 1 fully saturated rings. The summed E-state index contributed by atoms with van der Waals surface area (Å²) in [6, 6.07) is 6.37. The van der Waals surface area contributed by atoms with Crippen LogP contribution in [0.15, 0.2) is 24.3 Å². The lowest BCUT2D eigenvalue weighted by Gasteiger charge is -2.31. The number of non-ortho nitro benzene ring substituents is 1. The van der Waals surface area contributed by atoms with Gasteiger partial charge in [-0.1, -0.05) is 19.3 Å². The van der Waals surface area contributed by atoms with E-state index in [1.165, 1.54) is 56.4 Å². The molecule has 2 rings (SSSR count). The number of carbonyl (C=O) groups is 1. The molecule has 126 valence electrons. The molecule has 0 heterocycles. The molecule has 6 heteroatoms. The van der Waals surface area contributed by atoms with E-state index in [9.17, 15) is 14.9 Å². The van der Waals surface area contributed by atoms with Crippen molar-refractivity contribution in [3.8, 4) is 0 Å². The van der Waals surface area contributed by atoms with Crippen LogP contribution >= 0.6 is 0 Å². The summed E-state index contributed by atoms with van der Waals surface area (Å²) in [5.74, 6) is -0.180. The minimum Gasteiger partial charge on any atom is -0.352 e. The van der Waals surface area contributed by atoms with Gasteiger partial charge in [0.05, 0.1) is 4.92 Å². The molecule has 0 saturated heterocycles. The van der Waals surface area contributed by atoms with Crippen LogP contribution in [0.25, 0.3) is 0 Å². The van der Waals surface area contributed by atoms with Gasteiger partial charge in [-0.25, -0.2) is 0 Å². The second-order valence-corrected chi connectivity index (χ2v) is 6.19. The molecule has 0 spiro atoms. The van der Waals surface area contributed by atoms with E-state index < -0.39 is 4.92 Å². The molecule has 1 aliphatic rings. The highest BCUT2D eigenvalue weighted by Gasteiger charge is 2.17. The van der Waals surface area contributed by atoms with Gasteiger partial charge in [0.25, 0.3) is 11.6 Å². The maximum absolute atomic E-state index is 12.0. The van der Waals surface area contributed by atoms with Crippen molar-refractivity contribution in [2.24, 2.45) is 0 Å². The first-order valence-corrected chi connectivity index (χ1v) is 8.31. The Hall–Kier alpha value is -1.95. The number of hydrogen-bond acceptors (Lipinski definition) is 4. The maximum Gasteiger partial charge on any atom is 0.269 e. The van der Waals surface area contributed by atoms with Gasteiger partial charge in [-0.05, 0) is 45.0 Å². The fraction of sp³-hybridized carbons (Fsp3) is 0.588. The van der Waals surface area contributed by atoms with Gasteiger partial charge in [0.15, 0.2) is 0 Å². The Morgan fingerprint density at radius 2 is 1.91 bits per heavy atom. The zero-order chi connectivity index (χ0) is 16.7. The zero-order valence-corrected chi connectivity index (χ0v) is 13.7. The lowest BCUT2D eigenvalue weighted by molar-refractivity contribution is -0.384. The molecule has 23 heavy (non-hydrogen) atoms. The number of amides is 1. The summed E-state index contributed by atoms with van der Waals surface area (Å²) in [4.78, 5) is 24.5. The fourth-order valence-corrected chi connectivity index (χ4v) is 3.07. The largest absolute Gasteiger partial charge is 0.352 e. The molecule has 1 amide bonds. The third-order valence-corrected chi connectivity index (χ3v) is 4.51. The second-order valence-electron chi connectivity index (χ2n) is 6.19. The Labute approximate surface area is 137 Å². The molecule has 1 saturated carbocycles. The van der Waals surface area contributed by atoms with Gasteiger partial charge in [-0.3, -0.25) is 14.9 Å². The van der Waals surface area contributed by atoms with Gasteiger partial charge >= 0.3 is 0 Å². The smallest absolute Gasteiger partial charge is 0.269 e. The zero-order valence-electron chi connectivity index (χ0n) is 13.7. The molecule has 1 aliphatic carbocycles. The third kappa shape index (κ3) is 5.32. The number of nitro benzene ring substituents is 1. The van der Waals surface area contributed by atoms with Crippen molar-refractivity contribution >= 4 is 11.6 Å².